The van der Waals surface area contributed by atoms with Crippen LogP contribution in [0.3, 0.4) is 0 Å². The first-order valence-electron chi connectivity index (χ1n) is 23.4. The number of nitriles is 2. The van der Waals surface area contributed by atoms with Crippen molar-refractivity contribution in [2.75, 3.05) is 9.80 Å². The molecule has 0 saturated heterocycles. The Kier molecular flexibility index (Phi) is 8.44. The average Bonchev–Trinajstić information content (AvgIpc) is 4.00. The zero-order valence-corrected chi connectivity index (χ0v) is 38.1. The molecule has 0 unspecified atom stereocenters. The summed E-state index contributed by atoms with van der Waals surface area (Å²) in [5.74, 6) is 0. The number of fused-ring (bicyclic) bond motifs is 10. The molecule has 0 spiro atoms. The number of hydrogen-bond acceptors (Lipinski definition) is 6. The van der Waals surface area contributed by atoms with Crippen LogP contribution >= 0.6 is 0 Å². The highest BCUT2D eigenvalue weighted by Crippen LogP contribution is 2.51. The van der Waals surface area contributed by atoms with Gasteiger partial charge in [0.05, 0.1) is 46.0 Å². The highest BCUT2D eigenvalue weighted by atomic mass is 16.3. The SMILES string of the molecule is Cc1cc(C#N)ccc1N(c1ccc2ccc3c(N(c4ccc(C#N)cc4C)c4cccc5c4oc4ccc6ccccc6c45)ccc4ccc1c2c43)c1cccc2c1oc1ccc3ccccc3c12. The molecular formula is C64H38N4O2. The molecule has 70 heavy (non-hydrogen) atoms. The summed E-state index contributed by atoms with van der Waals surface area (Å²) in [6.07, 6.45) is 0. The standard InChI is InChI=1S/C64H38N4O2/c1-37-33-39(35-65)17-27-51(37)67(55-15-7-13-49-61-45-11-5-3-9-41(45)23-31-57(61)69-63(49)55)53-29-21-43-20-26-48-54(30-22-44-19-25-47(53)59(43)60(44)48)68(52-28-18-40(36-66)34-38(52)2)56-16-8-14-50-62-46-12-6-4-10-42(46)24-32-58(62)70-64(50)56/h3-34H,1-2H3. The highest BCUT2D eigenvalue weighted by molar-refractivity contribution is 6.29. The quantitative estimate of drug-likeness (QED) is 0.155. The number of nitrogens with zero attached hydrogens (tertiary/aromatic N) is 4. The molecule has 6 heteroatoms. The highest BCUT2D eigenvalue weighted by Gasteiger charge is 2.27. The zero-order chi connectivity index (χ0) is 46.8. The fraction of sp³-hybridized carbons (Fsp3) is 0.0312. The number of para-hydroxylation sites is 2. The van der Waals surface area contributed by atoms with Gasteiger partial charge in [0.1, 0.15) is 11.2 Å². The smallest absolute Gasteiger partial charge is 0.159 e. The van der Waals surface area contributed by atoms with Crippen LogP contribution in [0.15, 0.2) is 203 Å². The number of hydrogen-bond donors (Lipinski definition) is 0. The first-order chi connectivity index (χ1) is 34.4. The van der Waals surface area contributed by atoms with E-state index >= 15 is 0 Å². The van der Waals surface area contributed by atoms with Crippen molar-refractivity contribution in [2.24, 2.45) is 0 Å². The van der Waals surface area contributed by atoms with Gasteiger partial charge in [0, 0.05) is 43.7 Å². The molecule has 326 valence electrons. The second kappa shape index (κ2) is 14.9. The minimum absolute atomic E-state index is 0.603. The van der Waals surface area contributed by atoms with Gasteiger partial charge >= 0.3 is 0 Å². The summed E-state index contributed by atoms with van der Waals surface area (Å²) in [6.45, 7) is 4.14. The molecule has 2 aromatic heterocycles. The summed E-state index contributed by atoms with van der Waals surface area (Å²) in [6, 6.07) is 72.5. The van der Waals surface area contributed by atoms with Crippen LogP contribution in [0.1, 0.15) is 22.3 Å². The second-order valence-electron chi connectivity index (χ2n) is 18.3. The van der Waals surface area contributed by atoms with Crippen molar-refractivity contribution in [1.29, 1.82) is 10.5 Å². The summed E-state index contributed by atoms with van der Waals surface area (Å²) in [5.41, 5.74) is 12.0. The van der Waals surface area contributed by atoms with Crippen molar-refractivity contribution < 1.29 is 8.83 Å². The van der Waals surface area contributed by atoms with Gasteiger partial charge in [-0.05, 0) is 141 Å². The predicted molar refractivity (Wildman–Crippen MR) is 288 cm³/mol. The maximum Gasteiger partial charge on any atom is 0.159 e. The van der Waals surface area contributed by atoms with Crippen LogP contribution < -0.4 is 9.80 Å². The van der Waals surface area contributed by atoms with E-state index in [0.29, 0.717) is 11.1 Å². The molecule has 0 bridgehead atoms. The zero-order valence-electron chi connectivity index (χ0n) is 38.1. The van der Waals surface area contributed by atoms with Crippen LogP contribution in [-0.2, 0) is 0 Å². The van der Waals surface area contributed by atoms with E-state index in [9.17, 15) is 10.5 Å². The molecule has 0 atom stereocenters. The molecule has 0 N–H and O–H groups in total. The van der Waals surface area contributed by atoms with Gasteiger partial charge in [-0.1, -0.05) is 121 Å². The van der Waals surface area contributed by atoms with E-state index in [1.807, 2.05) is 24.3 Å². The number of benzene rings is 12. The molecule has 14 aromatic rings. The van der Waals surface area contributed by atoms with Gasteiger partial charge in [0.15, 0.2) is 11.2 Å². The second-order valence-corrected chi connectivity index (χ2v) is 18.3. The van der Waals surface area contributed by atoms with E-state index in [0.717, 1.165) is 143 Å². The largest absolute Gasteiger partial charge is 0.454 e. The van der Waals surface area contributed by atoms with Gasteiger partial charge in [-0.2, -0.15) is 10.5 Å². The fourth-order valence-corrected chi connectivity index (χ4v) is 11.3. The van der Waals surface area contributed by atoms with Gasteiger partial charge in [0.25, 0.3) is 0 Å². The molecule has 0 aliphatic rings. The van der Waals surface area contributed by atoms with Crippen LogP contribution in [0.5, 0.6) is 0 Å². The minimum Gasteiger partial charge on any atom is -0.454 e. The summed E-state index contributed by atoms with van der Waals surface area (Å²) in [5, 5.41) is 35.5. The molecule has 2 heterocycles. The van der Waals surface area contributed by atoms with Gasteiger partial charge in [-0.25, -0.2) is 0 Å². The Bertz CT molecular complexity index is 4330. The first-order valence-corrected chi connectivity index (χ1v) is 23.4. The van der Waals surface area contributed by atoms with E-state index in [2.05, 4.69) is 206 Å². The lowest BCUT2D eigenvalue weighted by molar-refractivity contribution is 0.669. The number of rotatable bonds is 6. The van der Waals surface area contributed by atoms with Gasteiger partial charge in [0.2, 0.25) is 0 Å². The molecule has 0 radical (unpaired) electrons. The molecule has 6 nitrogen and oxygen atoms in total. The van der Waals surface area contributed by atoms with E-state index in [1.54, 1.807) is 0 Å². The molecule has 0 aliphatic heterocycles. The van der Waals surface area contributed by atoms with Crippen LogP contribution in [0.4, 0.5) is 34.1 Å². The van der Waals surface area contributed by atoms with E-state index in [1.165, 1.54) is 0 Å². The van der Waals surface area contributed by atoms with E-state index in [4.69, 9.17) is 8.83 Å². The number of anilines is 6. The molecule has 0 amide bonds. The normalized spacial score (nSPS) is 11.8. The third-order valence-corrected chi connectivity index (χ3v) is 14.4. The van der Waals surface area contributed by atoms with E-state index in [-0.39, 0.29) is 0 Å². The van der Waals surface area contributed by atoms with Gasteiger partial charge in [-0.15, -0.1) is 0 Å². The van der Waals surface area contributed by atoms with Crippen molar-refractivity contribution in [1.82, 2.24) is 0 Å². The number of aryl methyl sites for hydroxylation is 2. The Morgan fingerprint density at radius 1 is 0.329 bits per heavy atom. The molecular weight excluding hydrogens is 857 g/mol. The Hall–Kier alpha value is -9.62. The summed E-state index contributed by atoms with van der Waals surface area (Å²) < 4.78 is 13.8. The molecule has 0 fully saturated rings. The Labute approximate surface area is 401 Å². The van der Waals surface area contributed by atoms with Crippen LogP contribution in [0.2, 0.25) is 0 Å². The average molecular weight is 895 g/mol. The maximum absolute atomic E-state index is 10.0. The van der Waals surface area contributed by atoms with Crippen LogP contribution in [0.25, 0.3) is 97.7 Å². The van der Waals surface area contributed by atoms with Crippen molar-refractivity contribution in [3.05, 3.63) is 216 Å². The first kappa shape index (κ1) is 39.5. The third-order valence-electron chi connectivity index (χ3n) is 14.4. The van der Waals surface area contributed by atoms with Crippen molar-refractivity contribution in [3.63, 3.8) is 0 Å². The Balaban J connectivity index is 1.04. The monoisotopic (exact) mass is 894 g/mol. The summed E-state index contributed by atoms with van der Waals surface area (Å²) in [7, 11) is 0. The molecule has 0 saturated carbocycles. The molecule has 12 aromatic carbocycles. The van der Waals surface area contributed by atoms with Crippen LogP contribution in [-0.4, -0.2) is 0 Å². The maximum atomic E-state index is 10.0. The predicted octanol–water partition coefficient (Wildman–Crippen LogP) is 18.0. The fourth-order valence-electron chi connectivity index (χ4n) is 11.3. The van der Waals surface area contributed by atoms with Gasteiger partial charge < -0.3 is 18.6 Å². The minimum atomic E-state index is 0.603. The van der Waals surface area contributed by atoms with E-state index < -0.39 is 0 Å². The molecule has 14 rings (SSSR count). The Morgan fingerprint density at radius 3 is 1.17 bits per heavy atom. The summed E-state index contributed by atoms with van der Waals surface area (Å²) in [4.78, 5) is 4.63. The van der Waals surface area contributed by atoms with Crippen molar-refractivity contribution in [3.8, 4) is 12.1 Å². The Morgan fingerprint density at radius 2 is 0.729 bits per heavy atom. The van der Waals surface area contributed by atoms with Crippen LogP contribution in [0, 0.1) is 36.5 Å². The van der Waals surface area contributed by atoms with Gasteiger partial charge in [-0.3, -0.25) is 0 Å². The lowest BCUT2D eigenvalue weighted by Crippen LogP contribution is -2.13. The summed E-state index contributed by atoms with van der Waals surface area (Å²) >= 11 is 0. The third kappa shape index (κ3) is 5.65. The lowest BCUT2D eigenvalue weighted by Gasteiger charge is -2.30. The van der Waals surface area contributed by atoms with Crippen molar-refractivity contribution >= 4 is 132 Å². The lowest BCUT2D eigenvalue weighted by atomic mass is 9.91. The van der Waals surface area contributed by atoms with Crippen molar-refractivity contribution in [2.45, 2.75) is 13.8 Å². The molecule has 0 aliphatic carbocycles. The number of furan rings is 2. The topological polar surface area (TPSA) is 80.3 Å².